The van der Waals surface area contributed by atoms with Crippen molar-refractivity contribution in [2.75, 3.05) is 13.7 Å². The van der Waals surface area contributed by atoms with Crippen molar-refractivity contribution in [3.05, 3.63) is 47.5 Å². The molecule has 0 aliphatic carbocycles. The molecule has 1 aliphatic heterocycles. The summed E-state index contributed by atoms with van der Waals surface area (Å²) in [5, 5.41) is 0. The lowest BCUT2D eigenvalue weighted by molar-refractivity contribution is -0.145. The van der Waals surface area contributed by atoms with Crippen molar-refractivity contribution in [3.63, 3.8) is 0 Å². The van der Waals surface area contributed by atoms with Crippen molar-refractivity contribution in [2.45, 2.75) is 32.1 Å². The molecule has 2 aromatic rings. The second-order valence-corrected chi connectivity index (χ2v) is 5.99. The number of aryl methyl sites for hydroxylation is 1. The zero-order valence-corrected chi connectivity index (χ0v) is 15.9. The summed E-state index contributed by atoms with van der Waals surface area (Å²) in [6.45, 7) is 0.585. The van der Waals surface area contributed by atoms with Gasteiger partial charge >= 0.3 is 5.97 Å². The van der Waals surface area contributed by atoms with Gasteiger partial charge < -0.3 is 15.0 Å². The van der Waals surface area contributed by atoms with Crippen LogP contribution in [0.5, 0.6) is 0 Å². The quantitative estimate of drug-likeness (QED) is 0.775. The number of carbonyl (C=O) groups is 1. The monoisotopic (exact) mass is 385 g/mol. The highest BCUT2D eigenvalue weighted by atomic mass is 35.5. The predicted octanol–water partition coefficient (Wildman–Crippen LogP) is 2.89. The number of para-hydroxylation sites is 1. The Morgan fingerprint density at radius 2 is 2.08 bits per heavy atom. The maximum absolute atomic E-state index is 12.0. The van der Waals surface area contributed by atoms with E-state index >= 15 is 0 Å². The molecule has 3 rings (SSSR count). The number of methoxy groups -OCH3 is 1. The minimum atomic E-state index is -0.170. The van der Waals surface area contributed by atoms with Gasteiger partial charge in [0.2, 0.25) is 0 Å². The molecule has 0 unspecified atom stereocenters. The largest absolute Gasteiger partial charge is 0.469 e. The minimum Gasteiger partial charge on any atom is -0.469 e. The summed E-state index contributed by atoms with van der Waals surface area (Å²) in [7, 11) is 1.44. The number of ether oxygens (including phenoxy) is 1. The summed E-state index contributed by atoms with van der Waals surface area (Å²) < 4.78 is 7.10. The molecule has 0 radical (unpaired) electrons. The Labute approximate surface area is 160 Å². The molecule has 0 fully saturated rings. The zero-order valence-electron chi connectivity index (χ0n) is 14.3. The van der Waals surface area contributed by atoms with Crippen LogP contribution >= 0.6 is 24.8 Å². The number of nitrogens with zero attached hydrogens (tertiary/aromatic N) is 2. The highest BCUT2D eigenvalue weighted by Crippen LogP contribution is 2.28. The van der Waals surface area contributed by atoms with Crippen molar-refractivity contribution in [1.82, 2.24) is 9.55 Å². The van der Waals surface area contributed by atoms with E-state index in [-0.39, 0.29) is 36.7 Å². The Morgan fingerprint density at radius 3 is 2.80 bits per heavy atom. The van der Waals surface area contributed by atoms with Crippen molar-refractivity contribution >= 4 is 30.8 Å². The fraction of sp³-hybridized carbons (Fsp3) is 0.444. The molecule has 2 N–H and O–H groups in total. The van der Waals surface area contributed by atoms with E-state index in [1.165, 1.54) is 24.1 Å². The van der Waals surface area contributed by atoms with E-state index in [4.69, 9.17) is 10.5 Å². The molecule has 138 valence electrons. The molecule has 0 bridgehead atoms. The van der Waals surface area contributed by atoms with Gasteiger partial charge in [0.15, 0.2) is 0 Å². The molecule has 0 amide bonds. The molecular formula is C18H25Cl2N3O2. The SMILES string of the molecule is COC(=O)[C@@H](CCCN)Cc1ncn2c1CCc1ccccc1-2.Cl.Cl. The third-order valence-corrected chi connectivity index (χ3v) is 4.57. The number of imidazole rings is 1. The minimum absolute atomic E-state index is 0. The topological polar surface area (TPSA) is 70.1 Å². The van der Waals surface area contributed by atoms with Gasteiger partial charge in [-0.1, -0.05) is 18.2 Å². The van der Waals surface area contributed by atoms with Crippen molar-refractivity contribution in [3.8, 4) is 5.69 Å². The lowest BCUT2D eigenvalue weighted by atomic mass is 9.94. The third kappa shape index (κ3) is 4.54. The number of esters is 1. The number of hydrogen-bond donors (Lipinski definition) is 1. The van der Waals surface area contributed by atoms with Gasteiger partial charge in [0.05, 0.1) is 25.0 Å². The smallest absolute Gasteiger partial charge is 0.309 e. The average molecular weight is 386 g/mol. The first-order valence-corrected chi connectivity index (χ1v) is 8.16. The number of benzene rings is 1. The molecule has 5 nitrogen and oxygen atoms in total. The summed E-state index contributed by atoms with van der Waals surface area (Å²) in [5.74, 6) is -0.336. The average Bonchev–Trinajstić information content (AvgIpc) is 3.01. The lowest BCUT2D eigenvalue weighted by Crippen LogP contribution is -2.21. The van der Waals surface area contributed by atoms with Gasteiger partial charge in [-0.05, 0) is 43.9 Å². The molecule has 0 spiro atoms. The highest BCUT2D eigenvalue weighted by molar-refractivity contribution is 5.85. The maximum atomic E-state index is 12.0. The van der Waals surface area contributed by atoms with E-state index in [9.17, 15) is 4.79 Å². The molecule has 0 saturated heterocycles. The first-order chi connectivity index (χ1) is 11.2. The van der Waals surface area contributed by atoms with Crippen LogP contribution < -0.4 is 5.73 Å². The summed E-state index contributed by atoms with van der Waals surface area (Å²) in [5.41, 5.74) is 10.3. The normalized spacial score (nSPS) is 12.9. The van der Waals surface area contributed by atoms with Crippen LogP contribution in [0.2, 0.25) is 0 Å². The number of aromatic nitrogens is 2. The zero-order chi connectivity index (χ0) is 16.2. The number of hydrogen-bond acceptors (Lipinski definition) is 4. The van der Waals surface area contributed by atoms with E-state index in [0.717, 1.165) is 31.4 Å². The van der Waals surface area contributed by atoms with Gasteiger partial charge in [-0.25, -0.2) is 4.98 Å². The fourth-order valence-electron chi connectivity index (χ4n) is 3.33. The van der Waals surface area contributed by atoms with Gasteiger partial charge in [-0.3, -0.25) is 4.79 Å². The third-order valence-electron chi connectivity index (χ3n) is 4.57. The first kappa shape index (κ1) is 21.5. The number of nitrogens with two attached hydrogens (primary N) is 1. The molecule has 25 heavy (non-hydrogen) atoms. The van der Waals surface area contributed by atoms with Crippen LogP contribution in [-0.2, 0) is 28.8 Å². The predicted molar refractivity (Wildman–Crippen MR) is 103 cm³/mol. The maximum Gasteiger partial charge on any atom is 0.309 e. The molecule has 7 heteroatoms. The van der Waals surface area contributed by atoms with Crippen LogP contribution in [0, 0.1) is 5.92 Å². The number of halogens is 2. The molecule has 1 aromatic carbocycles. The van der Waals surface area contributed by atoms with Gasteiger partial charge in [-0.15, -0.1) is 24.8 Å². The molecule has 1 atom stereocenters. The molecule has 1 aromatic heterocycles. The standard InChI is InChI=1S/C18H23N3O2.2ClH/c1-23-18(22)14(6-4-10-19)11-15-17-9-8-13-5-2-3-7-16(13)21(17)12-20-15;;/h2-3,5,7,12,14H,4,6,8-11,19H2,1H3;2*1H/t14-;;/m0../s1. The Morgan fingerprint density at radius 1 is 1.32 bits per heavy atom. The summed E-state index contributed by atoms with van der Waals surface area (Å²) in [6.07, 6.45) is 6.03. The fourth-order valence-corrected chi connectivity index (χ4v) is 3.33. The van der Waals surface area contributed by atoms with Crippen LogP contribution in [0.15, 0.2) is 30.6 Å². The second kappa shape index (κ2) is 9.80. The Balaban J connectivity index is 0.00000156. The van der Waals surface area contributed by atoms with E-state index < -0.39 is 0 Å². The Hall–Kier alpha value is -1.56. The van der Waals surface area contributed by atoms with Crippen LogP contribution in [0.4, 0.5) is 0 Å². The van der Waals surface area contributed by atoms with Crippen LogP contribution in [0.25, 0.3) is 5.69 Å². The molecule has 2 heterocycles. The molecule has 0 saturated carbocycles. The van der Waals surface area contributed by atoms with Crippen molar-refractivity contribution in [1.29, 1.82) is 0 Å². The summed E-state index contributed by atoms with van der Waals surface area (Å²) in [4.78, 5) is 16.6. The molecule has 1 aliphatic rings. The van der Waals surface area contributed by atoms with Crippen molar-refractivity contribution in [2.24, 2.45) is 11.7 Å². The van der Waals surface area contributed by atoms with E-state index in [1.54, 1.807) is 0 Å². The van der Waals surface area contributed by atoms with Crippen LogP contribution in [-0.4, -0.2) is 29.2 Å². The molecular weight excluding hydrogens is 361 g/mol. The van der Waals surface area contributed by atoms with Gasteiger partial charge in [0.1, 0.15) is 0 Å². The lowest BCUT2D eigenvalue weighted by Gasteiger charge is -2.20. The van der Waals surface area contributed by atoms with Gasteiger partial charge in [0, 0.05) is 17.8 Å². The summed E-state index contributed by atoms with van der Waals surface area (Å²) in [6, 6.07) is 8.40. The Kier molecular flexibility index (Phi) is 8.42. The van der Waals surface area contributed by atoms with E-state index in [1.807, 2.05) is 12.4 Å². The van der Waals surface area contributed by atoms with Crippen LogP contribution in [0.1, 0.15) is 29.8 Å². The van der Waals surface area contributed by atoms with E-state index in [0.29, 0.717) is 13.0 Å². The summed E-state index contributed by atoms with van der Waals surface area (Å²) >= 11 is 0. The second-order valence-electron chi connectivity index (χ2n) is 5.99. The van der Waals surface area contributed by atoms with Crippen molar-refractivity contribution < 1.29 is 9.53 Å². The number of fused-ring (bicyclic) bond motifs is 3. The van der Waals surface area contributed by atoms with Gasteiger partial charge in [0.25, 0.3) is 0 Å². The Bertz CT molecular complexity index is 703. The number of rotatable bonds is 6. The van der Waals surface area contributed by atoms with E-state index in [2.05, 4.69) is 27.8 Å². The highest BCUT2D eigenvalue weighted by Gasteiger charge is 2.25. The van der Waals surface area contributed by atoms with Crippen LogP contribution in [0.3, 0.4) is 0 Å². The number of carbonyl (C=O) groups excluding carboxylic acids is 1. The van der Waals surface area contributed by atoms with Gasteiger partial charge in [-0.2, -0.15) is 0 Å². The first-order valence-electron chi connectivity index (χ1n) is 8.16.